The van der Waals surface area contributed by atoms with Crippen LogP contribution in [0.1, 0.15) is 246 Å². The van der Waals surface area contributed by atoms with Crippen molar-refractivity contribution in [1.29, 1.82) is 0 Å². The molecule has 0 saturated carbocycles. The van der Waals surface area contributed by atoms with Gasteiger partial charge in [-0.15, -0.1) is 0 Å². The van der Waals surface area contributed by atoms with Crippen molar-refractivity contribution in [2.24, 2.45) is 0 Å². The average Bonchev–Trinajstić information content (AvgIpc) is 2.18. The molecule has 3 N–H and O–H groups in total. The number of aliphatic hydroxyl groups is 1. The molecule has 0 aliphatic rings. The van der Waals surface area contributed by atoms with Crippen LogP contribution < -0.4 is 0 Å². The summed E-state index contributed by atoms with van der Waals surface area (Å²) in [5.41, 5.74) is 0. The topological polar surface area (TPSA) is 237 Å². The predicted octanol–water partition coefficient (Wildman–Crippen LogP) is 20.1. The fraction of sp³-hybridized carbons (Fsp3) is 0.610. The maximum absolute atomic E-state index is 13.0. The highest BCUT2D eigenvalue weighted by Crippen LogP contribution is 2.45. The van der Waals surface area contributed by atoms with E-state index in [-0.39, 0.29) is 25.7 Å². The molecule has 5 atom stereocenters. The Kier molecular flexibility index (Phi) is 64.4. The summed E-state index contributed by atoms with van der Waals surface area (Å²) < 4.78 is 68.0. The Hall–Kier alpha value is -5.32. The standard InChI is InChI=1S/C77H124O17P2/c1-5-9-13-17-21-25-29-32-34-35-37-39-43-46-50-54-58-62-75(80)88-68-73(94-77(82)64-60-56-52-48-44-40-36-33-30-26-22-18-14-10-6-2)70-92-96(85,86)90-66-71(78)65-89-95(83,84)91-69-72(93-76(81)63-59-55-51-47-41-28-24-20-16-12-8-4)67-87-74(79)61-57-53-49-45-42-38-31-27-23-19-15-11-7-3/h9-10,13-15,19-22,24-27,31-34,36-37,39,44,46,48,50,56,60,71-73,78H,5-8,11-12,16-18,23,28-30,35,38,40-43,45,47,49,51-55,57-59,61-70H2,1-4H3,(H,83,84)(H,85,86)/b13-9-,14-10-,19-15-,24-20-,25-21-,26-22-,31-27-,34-32-,36-33-,39-37-,48-44-,50-46-,60-56-. The lowest BCUT2D eigenvalue weighted by atomic mass is 10.1. The predicted molar refractivity (Wildman–Crippen MR) is 390 cm³/mol. The van der Waals surface area contributed by atoms with Crippen LogP contribution in [0.5, 0.6) is 0 Å². The summed E-state index contributed by atoms with van der Waals surface area (Å²) in [5.74, 6) is -2.44. The summed E-state index contributed by atoms with van der Waals surface area (Å²) in [5, 5.41) is 10.6. The zero-order valence-electron chi connectivity index (χ0n) is 59.0. The van der Waals surface area contributed by atoms with E-state index in [2.05, 4.69) is 149 Å². The molecule has 0 aromatic heterocycles. The van der Waals surface area contributed by atoms with Crippen molar-refractivity contribution in [1.82, 2.24) is 0 Å². The molecule has 0 radical (unpaired) electrons. The Balaban J connectivity index is 5.48. The Morgan fingerprint density at radius 3 is 1.02 bits per heavy atom. The number of phosphoric acid groups is 2. The zero-order chi connectivity index (χ0) is 70.4. The van der Waals surface area contributed by atoms with Crippen molar-refractivity contribution in [2.45, 2.75) is 264 Å². The van der Waals surface area contributed by atoms with Gasteiger partial charge < -0.3 is 33.8 Å². The lowest BCUT2D eigenvalue weighted by molar-refractivity contribution is -0.161. The number of hydrogen-bond acceptors (Lipinski definition) is 15. The second-order valence-electron chi connectivity index (χ2n) is 23.1. The molecule has 0 bridgehead atoms. The van der Waals surface area contributed by atoms with Crippen LogP contribution in [0.3, 0.4) is 0 Å². The number of allylic oxidation sites excluding steroid dienone is 25. The molecule has 0 saturated heterocycles. The lowest BCUT2D eigenvalue weighted by Gasteiger charge is -2.21. The highest BCUT2D eigenvalue weighted by molar-refractivity contribution is 7.47. The number of hydrogen-bond donors (Lipinski definition) is 3. The summed E-state index contributed by atoms with van der Waals surface area (Å²) in [7, 11) is -10.0. The fourth-order valence-electron chi connectivity index (χ4n) is 8.58. The zero-order valence-corrected chi connectivity index (χ0v) is 60.8. The number of aliphatic hydroxyl groups excluding tert-OH is 1. The third-order valence-electron chi connectivity index (χ3n) is 14.0. The van der Waals surface area contributed by atoms with Crippen molar-refractivity contribution in [3.05, 3.63) is 158 Å². The minimum absolute atomic E-state index is 0.0577. The minimum Gasteiger partial charge on any atom is -0.462 e. The first-order valence-electron chi connectivity index (χ1n) is 35.7. The van der Waals surface area contributed by atoms with Crippen molar-refractivity contribution in [2.75, 3.05) is 39.6 Å². The minimum atomic E-state index is -5.01. The van der Waals surface area contributed by atoms with Crippen LogP contribution in [0.15, 0.2) is 158 Å². The van der Waals surface area contributed by atoms with E-state index in [9.17, 15) is 43.2 Å². The number of carbonyl (C=O) groups excluding carboxylic acids is 4. The summed E-state index contributed by atoms with van der Waals surface area (Å²) in [6.45, 7) is 4.28. The summed E-state index contributed by atoms with van der Waals surface area (Å²) in [6, 6.07) is 0. The quantitative estimate of drug-likeness (QED) is 0.0169. The molecule has 0 fully saturated rings. The molecule has 0 amide bonds. The van der Waals surface area contributed by atoms with E-state index >= 15 is 0 Å². The van der Waals surface area contributed by atoms with E-state index in [4.69, 9.17) is 37.0 Å². The summed E-state index contributed by atoms with van der Waals surface area (Å²) >= 11 is 0. The van der Waals surface area contributed by atoms with Gasteiger partial charge >= 0.3 is 39.5 Å². The molecule has 17 nitrogen and oxygen atoms in total. The van der Waals surface area contributed by atoms with Gasteiger partial charge in [-0.3, -0.25) is 37.3 Å². The first-order valence-corrected chi connectivity index (χ1v) is 38.7. The number of carbonyl (C=O) groups is 4. The third kappa shape index (κ3) is 67.3. The van der Waals surface area contributed by atoms with Crippen LogP contribution in [0.2, 0.25) is 0 Å². The van der Waals surface area contributed by atoms with E-state index < -0.39 is 97.5 Å². The SMILES string of the molecule is CC/C=C\C/C=C\C/C=C\C/C=C\C/C=C\CCCC(=O)OCC(COP(=O)(O)OCC(O)COP(=O)(O)OCC(COC(=O)CCCCCCC/C=C\C/C=C\CCC)OC(=O)CCCCCCC/C=C\CCCC)OC(=O)C/C=C\C/C=C\C/C=C\C/C=C\C/C=C\CC. The average molecular weight is 1380 g/mol. The number of unbranched alkanes of at least 4 members (excludes halogenated alkanes) is 14. The van der Waals surface area contributed by atoms with E-state index in [1.54, 1.807) is 12.2 Å². The molecular formula is C77H124O17P2. The molecule has 0 aliphatic carbocycles. The van der Waals surface area contributed by atoms with E-state index in [0.717, 1.165) is 148 Å². The summed E-state index contributed by atoms with van der Waals surface area (Å²) in [4.78, 5) is 72.5. The lowest BCUT2D eigenvalue weighted by Crippen LogP contribution is -2.30. The second-order valence-corrected chi connectivity index (χ2v) is 26.0. The van der Waals surface area contributed by atoms with Crippen LogP contribution in [0.25, 0.3) is 0 Å². The van der Waals surface area contributed by atoms with Gasteiger partial charge in [0.1, 0.15) is 19.3 Å². The van der Waals surface area contributed by atoms with Crippen LogP contribution in [-0.4, -0.2) is 96.7 Å². The molecule has 0 aromatic rings. The van der Waals surface area contributed by atoms with Gasteiger partial charge in [0.25, 0.3) is 0 Å². The van der Waals surface area contributed by atoms with Gasteiger partial charge in [0, 0.05) is 19.3 Å². The Bertz CT molecular complexity index is 2450. The van der Waals surface area contributed by atoms with E-state index in [0.29, 0.717) is 32.1 Å². The van der Waals surface area contributed by atoms with Crippen LogP contribution in [-0.2, 0) is 65.4 Å². The van der Waals surface area contributed by atoms with Crippen molar-refractivity contribution in [3.63, 3.8) is 0 Å². The number of esters is 4. The van der Waals surface area contributed by atoms with Crippen LogP contribution in [0, 0.1) is 0 Å². The highest BCUT2D eigenvalue weighted by atomic mass is 31.2. The van der Waals surface area contributed by atoms with Gasteiger partial charge in [0.2, 0.25) is 0 Å². The van der Waals surface area contributed by atoms with Crippen LogP contribution in [0.4, 0.5) is 0 Å². The van der Waals surface area contributed by atoms with Gasteiger partial charge in [-0.2, -0.15) is 0 Å². The van der Waals surface area contributed by atoms with Gasteiger partial charge in [-0.25, -0.2) is 9.13 Å². The molecule has 0 heterocycles. The first kappa shape index (κ1) is 90.7. The molecule has 96 heavy (non-hydrogen) atoms. The maximum atomic E-state index is 13.0. The molecule has 0 aromatic carbocycles. The summed E-state index contributed by atoms with van der Waals surface area (Å²) in [6.07, 6.45) is 77.3. The molecule has 544 valence electrons. The van der Waals surface area contributed by atoms with Crippen molar-refractivity contribution >= 4 is 39.5 Å². The normalized spacial score (nSPS) is 14.9. The molecule has 19 heteroatoms. The van der Waals surface area contributed by atoms with Gasteiger partial charge in [-0.05, 0) is 135 Å². The smallest absolute Gasteiger partial charge is 0.462 e. The number of phosphoric ester groups is 2. The first-order chi connectivity index (χ1) is 46.7. The van der Waals surface area contributed by atoms with Gasteiger partial charge in [-0.1, -0.05) is 243 Å². The molecule has 0 rings (SSSR count). The third-order valence-corrected chi connectivity index (χ3v) is 15.9. The monoisotopic (exact) mass is 1380 g/mol. The number of rotatable bonds is 65. The Morgan fingerprint density at radius 1 is 0.312 bits per heavy atom. The molecule has 5 unspecified atom stereocenters. The van der Waals surface area contributed by atoms with E-state index in [1.165, 1.54) is 12.8 Å². The Morgan fingerprint density at radius 2 is 0.615 bits per heavy atom. The number of ether oxygens (including phenoxy) is 4. The highest BCUT2D eigenvalue weighted by Gasteiger charge is 2.30. The fourth-order valence-corrected chi connectivity index (χ4v) is 10.2. The van der Waals surface area contributed by atoms with Gasteiger partial charge in [0.05, 0.1) is 32.8 Å². The maximum Gasteiger partial charge on any atom is 0.472 e. The largest absolute Gasteiger partial charge is 0.472 e. The Labute approximate surface area is 579 Å². The molecular weight excluding hydrogens is 1260 g/mol. The molecule has 0 spiro atoms. The second kappa shape index (κ2) is 68.2. The van der Waals surface area contributed by atoms with Crippen molar-refractivity contribution in [3.8, 4) is 0 Å². The molecule has 0 aliphatic heterocycles. The van der Waals surface area contributed by atoms with Crippen LogP contribution >= 0.6 is 15.6 Å². The van der Waals surface area contributed by atoms with E-state index in [1.807, 2.05) is 24.3 Å². The van der Waals surface area contributed by atoms with Gasteiger partial charge in [0.15, 0.2) is 12.2 Å². The van der Waals surface area contributed by atoms with Crippen molar-refractivity contribution < 1.29 is 80.2 Å².